The molecule has 0 fully saturated rings. The molecule has 0 bridgehead atoms. The first-order valence-electron chi connectivity index (χ1n) is 7.21. The zero-order valence-corrected chi connectivity index (χ0v) is 12.0. The van der Waals surface area contributed by atoms with E-state index >= 15 is 0 Å². The Labute approximate surface area is 112 Å². The maximum absolute atomic E-state index is 5.42. The summed E-state index contributed by atoms with van der Waals surface area (Å²) in [6.07, 6.45) is 3.36. The zero-order valence-electron chi connectivity index (χ0n) is 12.0. The van der Waals surface area contributed by atoms with Crippen LogP contribution in [0.4, 0.5) is 0 Å². The van der Waals surface area contributed by atoms with Gasteiger partial charge in [-0.25, -0.2) is 0 Å². The molecule has 0 saturated carbocycles. The number of hydrogen-bond donors (Lipinski definition) is 1. The van der Waals surface area contributed by atoms with Crippen LogP contribution in [0.2, 0.25) is 0 Å². The number of ether oxygens (including phenoxy) is 1. The first-order chi connectivity index (χ1) is 8.81. The topological polar surface area (TPSA) is 21.3 Å². The number of nitrogens with one attached hydrogen (secondary N) is 1. The summed E-state index contributed by atoms with van der Waals surface area (Å²) in [7, 11) is 0. The molecular formula is C16H27NO. The largest absolute Gasteiger partial charge is 0.382 e. The van der Waals surface area contributed by atoms with Crippen molar-refractivity contribution >= 4 is 0 Å². The predicted octanol–water partition coefficient (Wildman–Crippen LogP) is 3.72. The number of benzene rings is 1. The second kappa shape index (κ2) is 9.12. The van der Waals surface area contributed by atoms with E-state index in [9.17, 15) is 0 Å². The highest BCUT2D eigenvalue weighted by atomic mass is 16.5. The number of aryl methyl sites for hydroxylation is 1. The Morgan fingerprint density at radius 1 is 1.22 bits per heavy atom. The lowest BCUT2D eigenvalue weighted by Gasteiger charge is -2.19. The van der Waals surface area contributed by atoms with Crippen LogP contribution in [-0.2, 0) is 11.2 Å². The van der Waals surface area contributed by atoms with Crippen LogP contribution >= 0.6 is 0 Å². The quantitative estimate of drug-likeness (QED) is 0.674. The van der Waals surface area contributed by atoms with Crippen molar-refractivity contribution in [3.8, 4) is 0 Å². The molecule has 0 spiro atoms. The lowest BCUT2D eigenvalue weighted by Crippen LogP contribution is -2.21. The maximum Gasteiger partial charge on any atom is 0.0466 e. The predicted molar refractivity (Wildman–Crippen MR) is 78.0 cm³/mol. The van der Waals surface area contributed by atoms with E-state index in [4.69, 9.17) is 4.74 Å². The highest BCUT2D eigenvalue weighted by molar-refractivity contribution is 5.26. The Balaban J connectivity index is 2.58. The fourth-order valence-electron chi connectivity index (χ4n) is 2.20. The molecule has 1 N–H and O–H groups in total. The fourth-order valence-corrected chi connectivity index (χ4v) is 2.20. The van der Waals surface area contributed by atoms with E-state index in [0.717, 1.165) is 39.0 Å². The molecule has 0 aliphatic carbocycles. The van der Waals surface area contributed by atoms with Crippen molar-refractivity contribution in [2.75, 3.05) is 19.8 Å². The average molecular weight is 249 g/mol. The Morgan fingerprint density at radius 2 is 2.06 bits per heavy atom. The van der Waals surface area contributed by atoms with Gasteiger partial charge in [-0.15, -0.1) is 0 Å². The summed E-state index contributed by atoms with van der Waals surface area (Å²) in [5, 5.41) is 3.57. The van der Waals surface area contributed by atoms with Gasteiger partial charge in [0.1, 0.15) is 0 Å². The molecule has 0 aliphatic rings. The van der Waals surface area contributed by atoms with Crippen molar-refractivity contribution in [1.29, 1.82) is 0 Å². The van der Waals surface area contributed by atoms with Crippen LogP contribution in [0.3, 0.4) is 0 Å². The molecule has 2 nitrogen and oxygen atoms in total. The number of rotatable bonds is 9. The van der Waals surface area contributed by atoms with Crippen molar-refractivity contribution in [2.45, 2.75) is 46.1 Å². The van der Waals surface area contributed by atoms with E-state index in [-0.39, 0.29) is 0 Å². The van der Waals surface area contributed by atoms with Gasteiger partial charge in [0.2, 0.25) is 0 Å². The third-order valence-electron chi connectivity index (χ3n) is 3.20. The van der Waals surface area contributed by atoms with Crippen LogP contribution in [0.5, 0.6) is 0 Å². The molecule has 0 amide bonds. The van der Waals surface area contributed by atoms with Gasteiger partial charge in [0.05, 0.1) is 0 Å². The molecule has 1 unspecified atom stereocenters. The fraction of sp³-hybridized carbons (Fsp3) is 0.625. The van der Waals surface area contributed by atoms with Gasteiger partial charge in [-0.1, -0.05) is 38.1 Å². The van der Waals surface area contributed by atoms with Gasteiger partial charge >= 0.3 is 0 Å². The van der Waals surface area contributed by atoms with Crippen molar-refractivity contribution in [3.63, 3.8) is 0 Å². The van der Waals surface area contributed by atoms with Gasteiger partial charge in [0.25, 0.3) is 0 Å². The van der Waals surface area contributed by atoms with Crippen LogP contribution < -0.4 is 5.32 Å². The third-order valence-corrected chi connectivity index (χ3v) is 3.20. The summed E-state index contributed by atoms with van der Waals surface area (Å²) in [6, 6.07) is 9.39. The van der Waals surface area contributed by atoms with Gasteiger partial charge in [-0.3, -0.25) is 0 Å². The lowest BCUT2D eigenvalue weighted by molar-refractivity contribution is 0.141. The standard InChI is InChI=1S/C16H27NO/c1-4-14-9-7-10-15(13-14)16(17-5-2)11-8-12-18-6-3/h7,9-10,13,16-17H,4-6,8,11-12H2,1-3H3. The van der Waals surface area contributed by atoms with Gasteiger partial charge < -0.3 is 10.1 Å². The first kappa shape index (κ1) is 15.2. The molecule has 18 heavy (non-hydrogen) atoms. The minimum atomic E-state index is 0.460. The molecule has 0 aromatic heterocycles. The Kier molecular flexibility index (Phi) is 7.70. The molecule has 0 heterocycles. The van der Waals surface area contributed by atoms with E-state index in [1.54, 1.807) is 0 Å². The SMILES string of the molecule is CCNC(CCCOCC)c1cccc(CC)c1. The highest BCUT2D eigenvalue weighted by Crippen LogP contribution is 2.20. The van der Waals surface area contributed by atoms with Gasteiger partial charge in [-0.05, 0) is 43.9 Å². The summed E-state index contributed by atoms with van der Waals surface area (Å²) in [5.41, 5.74) is 2.83. The lowest BCUT2D eigenvalue weighted by atomic mass is 9.99. The second-order valence-corrected chi connectivity index (χ2v) is 4.55. The second-order valence-electron chi connectivity index (χ2n) is 4.55. The molecule has 1 rings (SSSR count). The van der Waals surface area contributed by atoms with Crippen LogP contribution in [0.15, 0.2) is 24.3 Å². The molecule has 2 heteroatoms. The van der Waals surface area contributed by atoms with Crippen molar-refractivity contribution < 1.29 is 4.74 Å². The Hall–Kier alpha value is -0.860. The van der Waals surface area contributed by atoms with Gasteiger partial charge in [0.15, 0.2) is 0 Å². The molecule has 1 atom stereocenters. The molecular weight excluding hydrogens is 222 g/mol. The Bertz CT molecular complexity index is 325. The van der Waals surface area contributed by atoms with Crippen LogP contribution in [0, 0.1) is 0 Å². The van der Waals surface area contributed by atoms with E-state index in [1.807, 2.05) is 6.92 Å². The molecule has 0 saturated heterocycles. The first-order valence-corrected chi connectivity index (χ1v) is 7.21. The van der Waals surface area contributed by atoms with E-state index in [1.165, 1.54) is 11.1 Å². The summed E-state index contributed by atoms with van der Waals surface area (Å²) in [5.74, 6) is 0. The molecule has 102 valence electrons. The molecule has 1 aromatic rings. The summed E-state index contributed by atoms with van der Waals surface area (Å²) < 4.78 is 5.42. The minimum Gasteiger partial charge on any atom is -0.382 e. The average Bonchev–Trinajstić information content (AvgIpc) is 2.42. The van der Waals surface area contributed by atoms with E-state index < -0.39 is 0 Å². The monoisotopic (exact) mass is 249 g/mol. The van der Waals surface area contributed by atoms with Crippen molar-refractivity contribution in [3.05, 3.63) is 35.4 Å². The molecule has 1 aromatic carbocycles. The third kappa shape index (κ3) is 5.19. The maximum atomic E-state index is 5.42. The summed E-state index contributed by atoms with van der Waals surface area (Å²) in [6.45, 7) is 9.11. The summed E-state index contributed by atoms with van der Waals surface area (Å²) >= 11 is 0. The smallest absolute Gasteiger partial charge is 0.0466 e. The van der Waals surface area contributed by atoms with Crippen LogP contribution in [0.1, 0.15) is 50.8 Å². The normalized spacial score (nSPS) is 12.6. The van der Waals surface area contributed by atoms with Crippen molar-refractivity contribution in [1.82, 2.24) is 5.32 Å². The summed E-state index contributed by atoms with van der Waals surface area (Å²) in [4.78, 5) is 0. The minimum absolute atomic E-state index is 0.460. The van der Waals surface area contributed by atoms with E-state index in [2.05, 4.69) is 43.4 Å². The van der Waals surface area contributed by atoms with Gasteiger partial charge in [0, 0.05) is 19.3 Å². The zero-order chi connectivity index (χ0) is 13.2. The highest BCUT2D eigenvalue weighted by Gasteiger charge is 2.10. The molecule has 0 radical (unpaired) electrons. The molecule has 0 aliphatic heterocycles. The van der Waals surface area contributed by atoms with Crippen LogP contribution in [0.25, 0.3) is 0 Å². The van der Waals surface area contributed by atoms with Gasteiger partial charge in [-0.2, -0.15) is 0 Å². The Morgan fingerprint density at radius 3 is 2.72 bits per heavy atom. The van der Waals surface area contributed by atoms with Crippen molar-refractivity contribution in [2.24, 2.45) is 0 Å². The number of hydrogen-bond acceptors (Lipinski definition) is 2. The van der Waals surface area contributed by atoms with Crippen LogP contribution in [-0.4, -0.2) is 19.8 Å². The van der Waals surface area contributed by atoms with E-state index in [0.29, 0.717) is 6.04 Å².